The molecule has 4 aliphatic rings. The van der Waals surface area contributed by atoms with E-state index < -0.39 is 35.4 Å². The average Bonchev–Trinajstić information content (AvgIpc) is 3.82. The largest absolute Gasteiger partial charge is 0.497 e. The first-order valence-electron chi connectivity index (χ1n) is 15.6. The number of benzene rings is 3. The van der Waals surface area contributed by atoms with Crippen LogP contribution in [0.3, 0.4) is 0 Å². The number of aromatic nitrogens is 1. The Kier molecular flexibility index (Phi) is 7.63. The second kappa shape index (κ2) is 11.8. The van der Waals surface area contributed by atoms with Crippen molar-refractivity contribution in [1.29, 1.82) is 0 Å². The molecule has 3 amide bonds. The van der Waals surface area contributed by atoms with Gasteiger partial charge >= 0.3 is 11.0 Å². The third-order valence-corrected chi connectivity index (χ3v) is 12.7. The SMILES string of the molecule is COc1ccc(NC(=O)COc2ccc([C@H]3c4sc(=O)[nH]c4SC4C5CC(C6C(=O)N(c7cccc(C(F)(F)F)c7)C(=O)C56)C43)cc2)cc1. The van der Waals surface area contributed by atoms with Crippen LogP contribution in [0.25, 0.3) is 0 Å². The van der Waals surface area contributed by atoms with E-state index >= 15 is 0 Å². The number of rotatable bonds is 7. The number of nitrogens with one attached hydrogen (secondary N) is 2. The molecule has 3 fully saturated rings. The number of anilines is 2. The summed E-state index contributed by atoms with van der Waals surface area (Å²) in [6.45, 7) is -0.217. The first-order valence-corrected chi connectivity index (χ1v) is 17.3. The highest BCUT2D eigenvalue weighted by atomic mass is 32.2. The molecule has 1 saturated heterocycles. The monoisotopic (exact) mass is 707 g/mol. The summed E-state index contributed by atoms with van der Waals surface area (Å²) in [7, 11) is 1.56. The Morgan fingerprint density at radius 3 is 2.35 bits per heavy atom. The average molecular weight is 708 g/mol. The predicted molar refractivity (Wildman–Crippen MR) is 176 cm³/mol. The fraction of sp³-hybridized carbons (Fsp3) is 0.314. The van der Waals surface area contributed by atoms with Gasteiger partial charge in [-0.1, -0.05) is 29.5 Å². The van der Waals surface area contributed by atoms with Crippen molar-refractivity contribution < 1.29 is 37.0 Å². The Morgan fingerprint density at radius 2 is 1.65 bits per heavy atom. The van der Waals surface area contributed by atoms with E-state index in [9.17, 15) is 32.3 Å². The van der Waals surface area contributed by atoms with Crippen LogP contribution in [0.2, 0.25) is 0 Å². The van der Waals surface area contributed by atoms with Crippen molar-refractivity contribution in [2.45, 2.75) is 28.8 Å². The number of hydrogen-bond donors (Lipinski definition) is 2. The van der Waals surface area contributed by atoms with Crippen molar-refractivity contribution in [3.05, 3.63) is 98.5 Å². The lowest BCUT2D eigenvalue weighted by Gasteiger charge is -2.43. The van der Waals surface area contributed by atoms with Gasteiger partial charge in [-0.2, -0.15) is 13.2 Å². The van der Waals surface area contributed by atoms with Crippen molar-refractivity contribution in [1.82, 2.24) is 4.98 Å². The maximum Gasteiger partial charge on any atom is 0.416 e. The molecule has 0 radical (unpaired) electrons. The molecule has 3 heterocycles. The molecule has 8 rings (SSSR count). The first-order chi connectivity index (χ1) is 23.5. The molecule has 252 valence electrons. The molecular weight excluding hydrogens is 680 g/mol. The molecule has 9 nitrogen and oxygen atoms in total. The number of methoxy groups -OCH3 is 1. The molecular formula is C35H28F3N3O6S2. The molecule has 7 atom stereocenters. The van der Waals surface area contributed by atoms with E-state index in [1.54, 1.807) is 43.5 Å². The fourth-order valence-electron chi connectivity index (χ4n) is 8.26. The van der Waals surface area contributed by atoms with Gasteiger partial charge in [0.2, 0.25) is 11.8 Å². The number of halogens is 3. The van der Waals surface area contributed by atoms with Gasteiger partial charge in [0.15, 0.2) is 6.61 Å². The first kappa shape index (κ1) is 31.7. The van der Waals surface area contributed by atoms with E-state index in [1.807, 2.05) is 12.1 Å². The second-order valence-corrected chi connectivity index (χ2v) is 14.9. The predicted octanol–water partition coefficient (Wildman–Crippen LogP) is 6.16. The normalized spacial score (nSPS) is 26.7. The summed E-state index contributed by atoms with van der Waals surface area (Å²) in [6.07, 6.45) is -3.97. The zero-order chi connectivity index (χ0) is 34.2. The molecule has 1 aromatic heterocycles. The number of ether oxygens (including phenoxy) is 2. The van der Waals surface area contributed by atoms with Gasteiger partial charge in [0.25, 0.3) is 5.91 Å². The van der Waals surface area contributed by atoms with Gasteiger partial charge in [-0.05, 0) is 84.3 Å². The van der Waals surface area contributed by atoms with Gasteiger partial charge in [0.05, 0.1) is 35.2 Å². The van der Waals surface area contributed by atoms with Gasteiger partial charge in [0, 0.05) is 21.7 Å². The minimum atomic E-state index is -4.62. The summed E-state index contributed by atoms with van der Waals surface area (Å²) in [5, 5.41) is 3.43. The van der Waals surface area contributed by atoms with Crippen molar-refractivity contribution in [2.24, 2.45) is 29.6 Å². The van der Waals surface area contributed by atoms with Gasteiger partial charge in [-0.15, -0.1) is 11.8 Å². The van der Waals surface area contributed by atoms with Crippen LogP contribution >= 0.6 is 23.1 Å². The lowest BCUT2D eigenvalue weighted by molar-refractivity contribution is -0.137. The van der Waals surface area contributed by atoms with Gasteiger partial charge in [-0.25, -0.2) is 0 Å². The van der Waals surface area contributed by atoms with Gasteiger partial charge in [-0.3, -0.25) is 24.1 Å². The number of thioether (sulfide) groups is 1. The molecule has 2 N–H and O–H groups in total. The summed E-state index contributed by atoms with van der Waals surface area (Å²) >= 11 is 2.66. The zero-order valence-electron chi connectivity index (χ0n) is 25.7. The molecule has 14 heteroatoms. The van der Waals surface area contributed by atoms with Crippen molar-refractivity contribution in [3.63, 3.8) is 0 Å². The number of hydrogen-bond acceptors (Lipinski definition) is 8. The highest BCUT2D eigenvalue weighted by Gasteiger charge is 2.69. The summed E-state index contributed by atoms with van der Waals surface area (Å²) < 4.78 is 51.4. The molecule has 3 aromatic carbocycles. The van der Waals surface area contributed by atoms with E-state index in [4.69, 9.17) is 9.47 Å². The maximum atomic E-state index is 13.9. The van der Waals surface area contributed by atoms with E-state index in [0.717, 1.165) is 43.8 Å². The van der Waals surface area contributed by atoms with Crippen LogP contribution < -0.4 is 24.6 Å². The summed E-state index contributed by atoms with van der Waals surface area (Å²) in [6, 6.07) is 18.6. The molecule has 2 aliphatic heterocycles. The molecule has 49 heavy (non-hydrogen) atoms. The number of imide groups is 1. The molecule has 2 saturated carbocycles. The fourth-order valence-corrected chi connectivity index (χ4v) is 11.1. The van der Waals surface area contributed by atoms with Crippen LogP contribution in [-0.4, -0.2) is 41.7 Å². The Morgan fingerprint density at radius 1 is 0.959 bits per heavy atom. The van der Waals surface area contributed by atoms with E-state index in [0.29, 0.717) is 23.6 Å². The lowest BCUT2D eigenvalue weighted by atomic mass is 9.68. The van der Waals surface area contributed by atoms with Crippen LogP contribution in [0.1, 0.15) is 28.3 Å². The van der Waals surface area contributed by atoms with Crippen LogP contribution in [0, 0.1) is 29.6 Å². The van der Waals surface area contributed by atoms with Crippen molar-refractivity contribution in [2.75, 3.05) is 23.9 Å². The molecule has 0 spiro atoms. The standard InChI is InChI=1S/C35H28F3N3O6S2/c1-46-20-11-7-18(8-12-20)39-24(42)15-47-21-9-5-16(6-10-21)25-26-22-14-23(29(26)48-31-30(25)49-34(45)40-31)28-27(22)32(43)41(33(28)44)19-4-2-3-17(13-19)35(36,37)38/h2-13,22-23,25-29H,14-15H2,1H3,(H,39,42)(H,40,45)/t22?,23?,25-,26?,27?,28?,29?/m1/s1. The van der Waals surface area contributed by atoms with Crippen molar-refractivity contribution >= 4 is 52.2 Å². The topological polar surface area (TPSA) is 118 Å². The smallest absolute Gasteiger partial charge is 0.416 e. The number of aromatic amines is 1. The van der Waals surface area contributed by atoms with E-state index in [2.05, 4.69) is 10.3 Å². The third-order valence-electron chi connectivity index (χ3n) is 10.1. The highest BCUT2D eigenvalue weighted by Crippen LogP contribution is 2.68. The second-order valence-electron chi connectivity index (χ2n) is 12.7. The van der Waals surface area contributed by atoms with Gasteiger partial charge in [0.1, 0.15) is 11.5 Å². The summed E-state index contributed by atoms with van der Waals surface area (Å²) in [5.41, 5.74) is 0.512. The highest BCUT2D eigenvalue weighted by molar-refractivity contribution is 8.00. The van der Waals surface area contributed by atoms with Crippen LogP contribution in [0.15, 0.2) is 82.6 Å². The van der Waals surface area contributed by atoms with E-state index in [-0.39, 0.29) is 52.0 Å². The van der Waals surface area contributed by atoms with Crippen molar-refractivity contribution in [3.8, 4) is 11.5 Å². The zero-order valence-corrected chi connectivity index (χ0v) is 27.4. The molecule has 6 unspecified atom stereocenters. The van der Waals surface area contributed by atoms with E-state index in [1.165, 1.54) is 23.9 Å². The number of H-pyrrole nitrogens is 1. The number of nitrogens with zero attached hydrogens (tertiary/aromatic N) is 1. The molecule has 4 aromatic rings. The minimum Gasteiger partial charge on any atom is -0.497 e. The Labute approximate surface area is 285 Å². The summed E-state index contributed by atoms with van der Waals surface area (Å²) in [5.74, 6) is -2.12. The molecule has 2 bridgehead atoms. The number of carbonyl (C=O) groups is 3. The third kappa shape index (κ3) is 5.32. The Balaban J connectivity index is 1.04. The number of fused-ring (bicyclic) bond motifs is 9. The van der Waals surface area contributed by atoms with Gasteiger partial charge < -0.3 is 19.8 Å². The lowest BCUT2D eigenvalue weighted by Crippen LogP contribution is -2.42. The summed E-state index contributed by atoms with van der Waals surface area (Å²) in [4.78, 5) is 57.4. The number of carbonyl (C=O) groups excluding carboxylic acids is 3. The minimum absolute atomic E-state index is 0.0671. The van der Waals surface area contributed by atoms with Crippen LogP contribution in [-0.2, 0) is 20.6 Å². The van der Waals surface area contributed by atoms with Crippen LogP contribution in [0.5, 0.6) is 11.5 Å². The molecule has 2 aliphatic carbocycles. The maximum absolute atomic E-state index is 13.9. The Hall–Kier alpha value is -4.56. The van der Waals surface area contributed by atoms with Crippen LogP contribution in [0.4, 0.5) is 24.5 Å². The number of thiazole rings is 1. The quantitative estimate of drug-likeness (QED) is 0.221. The number of amides is 3. The Bertz CT molecular complexity index is 2030. The number of alkyl halides is 3.